The van der Waals surface area contributed by atoms with Gasteiger partial charge in [0.15, 0.2) is 11.6 Å². The number of nitrogens with zero attached hydrogens (tertiary/aromatic N) is 2. The Morgan fingerprint density at radius 1 is 1.25 bits per heavy atom. The first-order valence-electron chi connectivity index (χ1n) is 5.87. The largest absolute Gasteiger partial charge is 0.489 e. The van der Waals surface area contributed by atoms with Crippen LogP contribution in [0.25, 0.3) is 0 Å². The highest BCUT2D eigenvalue weighted by Crippen LogP contribution is 2.17. The van der Waals surface area contributed by atoms with Crippen molar-refractivity contribution in [1.29, 1.82) is 0 Å². The van der Waals surface area contributed by atoms with Gasteiger partial charge in [-0.1, -0.05) is 11.6 Å². The molecule has 0 fully saturated rings. The van der Waals surface area contributed by atoms with Crippen molar-refractivity contribution in [2.45, 2.75) is 6.92 Å². The molecule has 1 heterocycles. The van der Waals surface area contributed by atoms with Gasteiger partial charge in [0, 0.05) is 12.1 Å². The van der Waals surface area contributed by atoms with E-state index in [1.165, 1.54) is 6.07 Å². The average molecular weight is 300 g/mol. The molecule has 0 atom stereocenters. The summed E-state index contributed by atoms with van der Waals surface area (Å²) in [6.45, 7) is 2.31. The molecule has 0 bridgehead atoms. The number of halogens is 3. The Bertz CT molecular complexity index is 590. The maximum absolute atomic E-state index is 13.3. The van der Waals surface area contributed by atoms with Crippen LogP contribution in [-0.2, 0) is 0 Å². The predicted molar refractivity (Wildman–Crippen MR) is 72.1 cm³/mol. The van der Waals surface area contributed by atoms with Crippen LogP contribution in [0.2, 0.25) is 5.15 Å². The molecule has 1 aromatic carbocycles. The lowest BCUT2D eigenvalue weighted by atomic mass is 10.3. The highest BCUT2D eigenvalue weighted by Gasteiger charge is 2.04. The maximum Gasteiger partial charge on any atom is 0.167 e. The second-order valence-corrected chi connectivity index (χ2v) is 4.36. The topological polar surface area (TPSA) is 47.0 Å². The first-order chi connectivity index (χ1) is 9.54. The summed E-state index contributed by atoms with van der Waals surface area (Å²) in [7, 11) is 0. The highest BCUT2D eigenvalue weighted by molar-refractivity contribution is 6.29. The summed E-state index contributed by atoms with van der Waals surface area (Å²) in [5.74, 6) is -0.258. The second-order valence-electron chi connectivity index (χ2n) is 3.97. The lowest BCUT2D eigenvalue weighted by molar-refractivity contribution is 0.314. The summed E-state index contributed by atoms with van der Waals surface area (Å²) in [6, 6.07) is 4.74. The zero-order valence-electron chi connectivity index (χ0n) is 10.7. The summed E-state index contributed by atoms with van der Waals surface area (Å²) < 4.78 is 31.2. The van der Waals surface area contributed by atoms with Gasteiger partial charge in [-0.15, -0.1) is 0 Å². The summed E-state index contributed by atoms with van der Waals surface area (Å²) in [5.41, 5.74) is 0. The number of aryl methyl sites for hydroxylation is 1. The molecule has 4 nitrogen and oxygen atoms in total. The van der Waals surface area contributed by atoms with Crippen LogP contribution in [-0.4, -0.2) is 23.1 Å². The summed E-state index contributed by atoms with van der Waals surface area (Å²) in [4.78, 5) is 8.05. The van der Waals surface area contributed by atoms with Crippen LogP contribution in [0.4, 0.5) is 14.6 Å². The molecule has 0 radical (unpaired) electrons. The quantitative estimate of drug-likeness (QED) is 0.680. The second kappa shape index (κ2) is 6.47. The van der Waals surface area contributed by atoms with Gasteiger partial charge in [-0.25, -0.2) is 18.7 Å². The minimum atomic E-state index is -0.731. The third kappa shape index (κ3) is 4.03. The van der Waals surface area contributed by atoms with Gasteiger partial charge in [0.1, 0.15) is 29.2 Å². The Balaban J connectivity index is 1.84. The van der Waals surface area contributed by atoms with Gasteiger partial charge >= 0.3 is 0 Å². The van der Waals surface area contributed by atoms with E-state index in [1.807, 2.05) is 0 Å². The van der Waals surface area contributed by atoms with E-state index in [-0.39, 0.29) is 12.4 Å². The van der Waals surface area contributed by atoms with E-state index in [2.05, 4.69) is 15.3 Å². The van der Waals surface area contributed by atoms with E-state index in [9.17, 15) is 8.78 Å². The highest BCUT2D eigenvalue weighted by atomic mass is 35.5. The number of benzene rings is 1. The third-order valence-electron chi connectivity index (χ3n) is 2.37. The fraction of sp³-hybridized carbons (Fsp3) is 0.231. The van der Waals surface area contributed by atoms with Crippen molar-refractivity contribution in [1.82, 2.24) is 9.97 Å². The number of hydrogen-bond donors (Lipinski definition) is 1. The van der Waals surface area contributed by atoms with Crippen molar-refractivity contribution in [3.63, 3.8) is 0 Å². The van der Waals surface area contributed by atoms with Gasteiger partial charge in [0.05, 0.1) is 6.54 Å². The van der Waals surface area contributed by atoms with Crippen LogP contribution in [0.1, 0.15) is 5.82 Å². The standard InChI is InChI=1S/C13H12ClF2N3O/c1-8-18-12(14)7-13(19-8)17-4-5-20-11-3-2-9(15)6-10(11)16/h2-3,6-7H,4-5H2,1H3,(H,17,18,19). The Hall–Kier alpha value is -1.95. The van der Waals surface area contributed by atoms with E-state index < -0.39 is 11.6 Å². The monoisotopic (exact) mass is 299 g/mol. The van der Waals surface area contributed by atoms with E-state index >= 15 is 0 Å². The normalized spacial score (nSPS) is 10.4. The first kappa shape index (κ1) is 14.5. The molecule has 0 aliphatic heterocycles. The molecule has 0 amide bonds. The van der Waals surface area contributed by atoms with Crippen LogP contribution < -0.4 is 10.1 Å². The van der Waals surface area contributed by atoms with Crippen molar-refractivity contribution >= 4 is 17.4 Å². The molecular weight excluding hydrogens is 288 g/mol. The number of hydrogen-bond acceptors (Lipinski definition) is 4. The van der Waals surface area contributed by atoms with Gasteiger partial charge in [0.2, 0.25) is 0 Å². The lowest BCUT2D eigenvalue weighted by Gasteiger charge is -2.09. The molecule has 0 unspecified atom stereocenters. The molecule has 0 aliphatic carbocycles. The molecule has 0 spiro atoms. The van der Waals surface area contributed by atoms with Crippen LogP contribution in [0.5, 0.6) is 5.75 Å². The number of ether oxygens (including phenoxy) is 1. The van der Waals surface area contributed by atoms with Crippen LogP contribution in [0.3, 0.4) is 0 Å². The summed E-state index contributed by atoms with van der Waals surface area (Å²) >= 11 is 5.79. The molecule has 7 heteroatoms. The van der Waals surface area contributed by atoms with E-state index in [0.29, 0.717) is 23.3 Å². The van der Waals surface area contributed by atoms with E-state index in [4.69, 9.17) is 16.3 Å². The fourth-order valence-electron chi connectivity index (χ4n) is 1.55. The van der Waals surface area contributed by atoms with Crippen molar-refractivity contribution < 1.29 is 13.5 Å². The minimum Gasteiger partial charge on any atom is -0.489 e. The van der Waals surface area contributed by atoms with Crippen LogP contribution in [0, 0.1) is 18.6 Å². The van der Waals surface area contributed by atoms with Crippen LogP contribution in [0.15, 0.2) is 24.3 Å². The van der Waals surface area contributed by atoms with Gasteiger partial charge in [-0.3, -0.25) is 0 Å². The number of nitrogens with one attached hydrogen (secondary N) is 1. The fourth-order valence-corrected chi connectivity index (χ4v) is 1.78. The smallest absolute Gasteiger partial charge is 0.167 e. The molecule has 1 aromatic heterocycles. The third-order valence-corrected chi connectivity index (χ3v) is 2.56. The molecule has 2 aromatic rings. The molecule has 20 heavy (non-hydrogen) atoms. The van der Waals surface area contributed by atoms with E-state index in [1.54, 1.807) is 13.0 Å². The number of anilines is 1. The number of aromatic nitrogens is 2. The zero-order chi connectivity index (χ0) is 14.5. The SMILES string of the molecule is Cc1nc(Cl)cc(NCCOc2ccc(F)cc2F)n1. The first-order valence-corrected chi connectivity index (χ1v) is 6.25. The van der Waals surface area contributed by atoms with Gasteiger partial charge < -0.3 is 10.1 Å². The Morgan fingerprint density at radius 3 is 2.75 bits per heavy atom. The van der Waals surface area contributed by atoms with Crippen LogP contribution >= 0.6 is 11.6 Å². The average Bonchev–Trinajstić information content (AvgIpc) is 2.35. The summed E-state index contributed by atoms with van der Waals surface area (Å²) in [5, 5.41) is 3.31. The van der Waals surface area contributed by atoms with Crippen molar-refractivity contribution in [2.24, 2.45) is 0 Å². The van der Waals surface area contributed by atoms with E-state index in [0.717, 1.165) is 12.1 Å². The molecule has 2 rings (SSSR count). The molecule has 0 aliphatic rings. The van der Waals surface area contributed by atoms with Crippen molar-refractivity contribution in [3.8, 4) is 5.75 Å². The number of rotatable bonds is 5. The van der Waals surface area contributed by atoms with Crippen molar-refractivity contribution in [2.75, 3.05) is 18.5 Å². The molecule has 0 saturated heterocycles. The maximum atomic E-state index is 13.3. The molecule has 1 N–H and O–H groups in total. The van der Waals surface area contributed by atoms with Crippen molar-refractivity contribution in [3.05, 3.63) is 46.9 Å². The Kier molecular flexibility index (Phi) is 4.68. The van der Waals surface area contributed by atoms with Gasteiger partial charge in [0.25, 0.3) is 0 Å². The van der Waals surface area contributed by atoms with Gasteiger partial charge in [-0.05, 0) is 19.1 Å². The predicted octanol–water partition coefficient (Wildman–Crippen LogP) is 3.21. The zero-order valence-corrected chi connectivity index (χ0v) is 11.4. The molecule has 106 valence electrons. The Labute approximate surface area is 119 Å². The molecular formula is C13H12ClF2N3O. The summed E-state index contributed by atoms with van der Waals surface area (Å²) in [6.07, 6.45) is 0. The lowest BCUT2D eigenvalue weighted by Crippen LogP contribution is -2.13. The van der Waals surface area contributed by atoms with Gasteiger partial charge in [-0.2, -0.15) is 0 Å². The molecule has 0 saturated carbocycles. The minimum absolute atomic E-state index is 0.00472. The Morgan fingerprint density at radius 2 is 2.05 bits per heavy atom.